The highest BCUT2D eigenvalue weighted by atomic mass is 32.1. The Kier molecular flexibility index (Phi) is 10.4. The first-order valence-electron chi connectivity index (χ1n) is 15.7. The highest BCUT2D eigenvalue weighted by Crippen LogP contribution is 2.33. The lowest BCUT2D eigenvalue weighted by Gasteiger charge is -2.34. The number of aliphatic hydroxyl groups excluding tert-OH is 2. The number of aliphatic hydroxyl groups is 2. The lowest BCUT2D eigenvalue weighted by Crippen LogP contribution is -2.41. The Balaban J connectivity index is 0.000000160. The molecule has 3 aliphatic heterocycles. The molecule has 2 aromatic heterocycles. The van der Waals surface area contributed by atoms with Gasteiger partial charge in [0, 0.05) is 38.6 Å². The summed E-state index contributed by atoms with van der Waals surface area (Å²) < 4.78 is 0. The van der Waals surface area contributed by atoms with E-state index < -0.39 is 0 Å². The van der Waals surface area contributed by atoms with E-state index in [1.165, 1.54) is 46.2 Å². The molecule has 0 amide bonds. The standard InChI is InChI=1S/C19H23N3OS.C16H19N3OS/c20-19-18-14(6-8-24-18)10-15-9-13(4-5-17(15)21-19)11-22-7-2-1-3-16(22)12-23;17-16-15-12(4-7-21-15)9-13-8-11(2-3-14(13)19-16)10-18-5-1-6-20/h4-6,8-9,16,23H,1-3,7,10-12H2,(H2,20,21);2-4,7-8,18,20H,1,5-6,9-10H2,(H2,17,19). The van der Waals surface area contributed by atoms with Crippen LogP contribution in [0.2, 0.25) is 0 Å². The van der Waals surface area contributed by atoms with Crippen LogP contribution < -0.4 is 16.8 Å². The third-order valence-corrected chi connectivity index (χ3v) is 10.6. The van der Waals surface area contributed by atoms with Gasteiger partial charge in [0.05, 0.1) is 27.7 Å². The average molecular weight is 643 g/mol. The number of nitrogens with two attached hydrogens (primary N) is 2. The molecule has 7 rings (SSSR count). The van der Waals surface area contributed by atoms with E-state index in [9.17, 15) is 5.11 Å². The molecule has 0 saturated carbocycles. The number of likely N-dealkylation sites (tertiary alicyclic amines) is 1. The zero-order chi connectivity index (χ0) is 31.2. The Labute approximate surface area is 273 Å². The summed E-state index contributed by atoms with van der Waals surface area (Å²) in [6.45, 7) is 4.09. The summed E-state index contributed by atoms with van der Waals surface area (Å²) in [5.74, 6) is 1.25. The van der Waals surface area contributed by atoms with Gasteiger partial charge in [0.25, 0.3) is 0 Å². The van der Waals surface area contributed by atoms with Crippen molar-refractivity contribution in [2.24, 2.45) is 21.5 Å². The van der Waals surface area contributed by atoms with Crippen molar-refractivity contribution in [2.45, 2.75) is 57.7 Å². The molecule has 8 nitrogen and oxygen atoms in total. The second kappa shape index (κ2) is 14.8. The van der Waals surface area contributed by atoms with Crippen molar-refractivity contribution in [1.29, 1.82) is 0 Å². The van der Waals surface area contributed by atoms with E-state index in [-0.39, 0.29) is 13.2 Å². The molecule has 1 atom stereocenters. The van der Waals surface area contributed by atoms with Gasteiger partial charge < -0.3 is 27.0 Å². The monoisotopic (exact) mass is 642 g/mol. The number of nitrogens with one attached hydrogen (secondary N) is 1. The maximum Gasteiger partial charge on any atom is 0.141 e. The molecule has 3 aliphatic rings. The second-order valence-electron chi connectivity index (χ2n) is 11.9. The maximum absolute atomic E-state index is 9.61. The van der Waals surface area contributed by atoms with Crippen LogP contribution in [-0.2, 0) is 25.9 Å². The van der Waals surface area contributed by atoms with Crippen molar-refractivity contribution in [3.05, 3.63) is 102 Å². The number of benzene rings is 2. The maximum atomic E-state index is 9.61. The summed E-state index contributed by atoms with van der Waals surface area (Å²) in [5.41, 5.74) is 21.7. The molecule has 10 heteroatoms. The number of aliphatic imine (C=N–C) groups is 2. The molecule has 45 heavy (non-hydrogen) atoms. The average Bonchev–Trinajstić information content (AvgIpc) is 3.67. The van der Waals surface area contributed by atoms with Gasteiger partial charge in [0.2, 0.25) is 0 Å². The molecule has 1 fully saturated rings. The number of rotatable bonds is 8. The highest BCUT2D eigenvalue weighted by molar-refractivity contribution is 7.12. The molecule has 0 aliphatic carbocycles. The Morgan fingerprint density at radius 3 is 2.04 bits per heavy atom. The van der Waals surface area contributed by atoms with Gasteiger partial charge in [-0.1, -0.05) is 30.7 Å². The molecule has 1 saturated heterocycles. The van der Waals surface area contributed by atoms with E-state index in [0.29, 0.717) is 17.7 Å². The van der Waals surface area contributed by atoms with Crippen molar-refractivity contribution in [3.63, 3.8) is 0 Å². The molecule has 4 aromatic rings. The predicted octanol–water partition coefficient (Wildman–Crippen LogP) is 5.20. The summed E-state index contributed by atoms with van der Waals surface area (Å²) in [5, 5.41) is 25.9. The zero-order valence-electron chi connectivity index (χ0n) is 25.5. The van der Waals surface area contributed by atoms with Gasteiger partial charge in [-0.15, -0.1) is 22.7 Å². The van der Waals surface area contributed by atoms with E-state index in [1.54, 1.807) is 22.7 Å². The largest absolute Gasteiger partial charge is 0.396 e. The summed E-state index contributed by atoms with van der Waals surface area (Å²) in [6, 6.07) is 17.4. The Morgan fingerprint density at radius 1 is 0.800 bits per heavy atom. The summed E-state index contributed by atoms with van der Waals surface area (Å²) in [4.78, 5) is 13.8. The van der Waals surface area contributed by atoms with Crippen molar-refractivity contribution in [1.82, 2.24) is 10.2 Å². The smallest absolute Gasteiger partial charge is 0.141 e. The summed E-state index contributed by atoms with van der Waals surface area (Å²) >= 11 is 3.31. The number of hydrogen-bond donors (Lipinski definition) is 5. The molecule has 0 spiro atoms. The van der Waals surface area contributed by atoms with Crippen LogP contribution in [0.3, 0.4) is 0 Å². The van der Waals surface area contributed by atoms with Gasteiger partial charge in [-0.25, -0.2) is 9.98 Å². The fourth-order valence-electron chi connectivity index (χ4n) is 6.30. The van der Waals surface area contributed by atoms with Gasteiger partial charge in [-0.3, -0.25) is 4.90 Å². The molecular weight excluding hydrogens is 601 g/mol. The number of hydrogen-bond acceptors (Lipinski definition) is 10. The minimum atomic E-state index is 0.228. The SMILES string of the molecule is NC1=Nc2ccc(CN3CCCCC3CO)cc2Cc2ccsc21.NC1=Nc2ccc(CNCCCO)cc2Cc2ccsc21. The van der Waals surface area contributed by atoms with Crippen LogP contribution in [-0.4, -0.2) is 59.1 Å². The van der Waals surface area contributed by atoms with Gasteiger partial charge in [-0.2, -0.15) is 0 Å². The first-order valence-corrected chi connectivity index (χ1v) is 17.5. The van der Waals surface area contributed by atoms with Gasteiger partial charge >= 0.3 is 0 Å². The normalized spacial score (nSPS) is 17.3. The summed E-state index contributed by atoms with van der Waals surface area (Å²) in [7, 11) is 0. The molecule has 0 bridgehead atoms. The molecule has 7 N–H and O–H groups in total. The molecule has 0 radical (unpaired) electrons. The van der Waals surface area contributed by atoms with E-state index >= 15 is 0 Å². The van der Waals surface area contributed by atoms with Crippen molar-refractivity contribution < 1.29 is 10.2 Å². The van der Waals surface area contributed by atoms with E-state index in [1.807, 2.05) is 6.07 Å². The van der Waals surface area contributed by atoms with Gasteiger partial charge in [-0.05, 0) is 101 Å². The fourth-order valence-corrected chi connectivity index (χ4v) is 7.96. The van der Waals surface area contributed by atoms with Crippen LogP contribution >= 0.6 is 22.7 Å². The van der Waals surface area contributed by atoms with Crippen LogP contribution in [0.4, 0.5) is 11.4 Å². The molecular formula is C35H42N6O2S2. The number of fused-ring (bicyclic) bond motifs is 4. The molecule has 5 heterocycles. The highest BCUT2D eigenvalue weighted by Gasteiger charge is 2.23. The number of piperidine rings is 1. The number of amidine groups is 2. The van der Waals surface area contributed by atoms with Crippen LogP contribution in [0.25, 0.3) is 0 Å². The minimum absolute atomic E-state index is 0.228. The van der Waals surface area contributed by atoms with E-state index in [0.717, 1.165) is 73.0 Å². The molecule has 1 unspecified atom stereocenters. The minimum Gasteiger partial charge on any atom is -0.396 e. The van der Waals surface area contributed by atoms with Crippen molar-refractivity contribution in [2.75, 3.05) is 26.3 Å². The van der Waals surface area contributed by atoms with Gasteiger partial charge in [0.15, 0.2) is 0 Å². The van der Waals surface area contributed by atoms with Crippen LogP contribution in [0.15, 0.2) is 69.3 Å². The fraction of sp³-hybridized carbons (Fsp3) is 0.371. The summed E-state index contributed by atoms with van der Waals surface area (Å²) in [6.07, 6.45) is 6.09. The van der Waals surface area contributed by atoms with Crippen molar-refractivity contribution in [3.8, 4) is 0 Å². The van der Waals surface area contributed by atoms with Crippen LogP contribution in [0.1, 0.15) is 68.8 Å². The van der Waals surface area contributed by atoms with Gasteiger partial charge in [0.1, 0.15) is 11.7 Å². The van der Waals surface area contributed by atoms with Crippen LogP contribution in [0, 0.1) is 0 Å². The number of thiophene rings is 2. The second-order valence-corrected chi connectivity index (χ2v) is 13.7. The molecule has 2 aromatic carbocycles. The predicted molar refractivity (Wildman–Crippen MR) is 186 cm³/mol. The zero-order valence-corrected chi connectivity index (χ0v) is 27.2. The lowest BCUT2D eigenvalue weighted by atomic mass is 9.99. The topological polar surface area (TPSA) is 132 Å². The Morgan fingerprint density at radius 2 is 1.42 bits per heavy atom. The Hall–Kier alpha value is -3.38. The first kappa shape index (κ1) is 31.6. The lowest BCUT2D eigenvalue weighted by molar-refractivity contribution is 0.0841. The van der Waals surface area contributed by atoms with E-state index in [4.69, 9.17) is 16.6 Å². The quantitative estimate of drug-likeness (QED) is 0.168. The third kappa shape index (κ3) is 7.54. The van der Waals surface area contributed by atoms with Crippen molar-refractivity contribution >= 4 is 45.7 Å². The third-order valence-electron chi connectivity index (χ3n) is 8.68. The van der Waals surface area contributed by atoms with E-state index in [2.05, 4.69) is 73.4 Å². The number of nitrogens with zero attached hydrogens (tertiary/aromatic N) is 3. The first-order chi connectivity index (χ1) is 22.0. The Bertz CT molecular complexity index is 1680. The van der Waals surface area contributed by atoms with Crippen LogP contribution in [0.5, 0.6) is 0 Å². The molecule has 236 valence electrons.